The predicted molar refractivity (Wildman–Crippen MR) is 101 cm³/mol. The monoisotopic (exact) mass is 456 g/mol. The van der Waals surface area contributed by atoms with Crippen LogP contribution in [0.4, 0.5) is 4.79 Å². The number of nitrogens with zero attached hydrogens (tertiary/aromatic N) is 2. The SMILES string of the molecule is C=C1CCC(=O)N1OC(=O)OCCC(=O)ON1C(=O)CCC1=O.CC(=O)CCOC(C)=O. The van der Waals surface area contributed by atoms with E-state index in [4.69, 9.17) is 0 Å². The van der Waals surface area contributed by atoms with Gasteiger partial charge in [-0.1, -0.05) is 6.58 Å². The minimum Gasteiger partial charge on any atom is -0.465 e. The number of carbonyl (C=O) groups excluding carboxylic acids is 7. The van der Waals surface area contributed by atoms with Crippen LogP contribution in [0.5, 0.6) is 0 Å². The Hall–Kier alpha value is -3.77. The average Bonchev–Trinajstić information content (AvgIpc) is 3.18. The molecule has 13 heteroatoms. The van der Waals surface area contributed by atoms with Crippen LogP contribution in [0.1, 0.15) is 52.4 Å². The fourth-order valence-electron chi connectivity index (χ4n) is 2.21. The maximum absolute atomic E-state index is 11.4. The molecule has 0 radical (unpaired) electrons. The van der Waals surface area contributed by atoms with Gasteiger partial charge in [0.15, 0.2) is 0 Å². The molecule has 32 heavy (non-hydrogen) atoms. The molecule has 2 heterocycles. The zero-order valence-corrected chi connectivity index (χ0v) is 17.7. The van der Waals surface area contributed by atoms with Crippen LogP contribution in [-0.4, -0.2) is 64.9 Å². The average molecular weight is 456 g/mol. The van der Waals surface area contributed by atoms with E-state index in [0.717, 1.165) is 5.06 Å². The van der Waals surface area contributed by atoms with Crippen molar-refractivity contribution >= 4 is 41.6 Å². The molecule has 2 saturated heterocycles. The highest BCUT2D eigenvalue weighted by molar-refractivity contribution is 6.01. The van der Waals surface area contributed by atoms with E-state index >= 15 is 0 Å². The van der Waals surface area contributed by atoms with Gasteiger partial charge < -0.3 is 14.3 Å². The number of rotatable bonds is 8. The van der Waals surface area contributed by atoms with Gasteiger partial charge in [-0.3, -0.25) is 28.8 Å². The Morgan fingerprint density at radius 3 is 1.81 bits per heavy atom. The van der Waals surface area contributed by atoms with Crippen LogP contribution in [0.25, 0.3) is 0 Å². The Bertz CT molecular complexity index is 709. The highest BCUT2D eigenvalue weighted by atomic mass is 16.8. The van der Waals surface area contributed by atoms with Crippen LogP contribution in [-0.2, 0) is 47.9 Å². The first kappa shape index (κ1) is 26.3. The number of ketones is 1. The molecule has 0 atom stereocenters. The molecule has 0 bridgehead atoms. The Morgan fingerprint density at radius 2 is 1.31 bits per heavy atom. The first-order chi connectivity index (χ1) is 15.0. The van der Waals surface area contributed by atoms with Crippen LogP contribution in [0, 0.1) is 0 Å². The maximum Gasteiger partial charge on any atom is 0.533 e. The van der Waals surface area contributed by atoms with Gasteiger partial charge >= 0.3 is 18.1 Å². The molecule has 0 spiro atoms. The van der Waals surface area contributed by atoms with Gasteiger partial charge in [-0.15, -0.1) is 10.1 Å². The number of amides is 3. The van der Waals surface area contributed by atoms with Crippen LogP contribution in [0.2, 0.25) is 0 Å². The molecule has 176 valence electrons. The number of carbonyl (C=O) groups is 7. The summed E-state index contributed by atoms with van der Waals surface area (Å²) < 4.78 is 9.10. The molecule has 0 saturated carbocycles. The third-order valence-electron chi connectivity index (χ3n) is 3.79. The zero-order chi connectivity index (χ0) is 24.3. The van der Waals surface area contributed by atoms with Crippen molar-refractivity contribution in [2.24, 2.45) is 0 Å². The van der Waals surface area contributed by atoms with Crippen LogP contribution >= 0.6 is 0 Å². The molecule has 2 fully saturated rings. The summed E-state index contributed by atoms with van der Waals surface area (Å²) in [6, 6.07) is 0. The topological polar surface area (TPSA) is 163 Å². The second-order valence-corrected chi connectivity index (χ2v) is 6.53. The number of hydrogen-bond donors (Lipinski definition) is 0. The molecule has 0 aliphatic carbocycles. The van der Waals surface area contributed by atoms with Gasteiger partial charge in [0.05, 0.1) is 18.7 Å². The highest BCUT2D eigenvalue weighted by Gasteiger charge is 2.33. The smallest absolute Gasteiger partial charge is 0.465 e. The second-order valence-electron chi connectivity index (χ2n) is 6.53. The maximum atomic E-state index is 11.4. The Morgan fingerprint density at radius 1 is 0.781 bits per heavy atom. The van der Waals surface area contributed by atoms with Gasteiger partial charge in [0.2, 0.25) is 0 Å². The summed E-state index contributed by atoms with van der Waals surface area (Å²) in [6.45, 7) is 6.14. The van der Waals surface area contributed by atoms with E-state index in [1.54, 1.807) is 0 Å². The molecule has 2 rings (SSSR count). The van der Waals surface area contributed by atoms with Crippen molar-refractivity contribution in [3.05, 3.63) is 12.3 Å². The number of ether oxygens (including phenoxy) is 2. The number of allylic oxidation sites excluding steroid dienone is 1. The summed E-state index contributed by atoms with van der Waals surface area (Å²) in [5.41, 5.74) is 0.331. The lowest BCUT2D eigenvalue weighted by Crippen LogP contribution is -2.32. The summed E-state index contributed by atoms with van der Waals surface area (Å²) in [4.78, 5) is 86.2. The van der Waals surface area contributed by atoms with E-state index < -0.39 is 36.5 Å². The van der Waals surface area contributed by atoms with E-state index in [-0.39, 0.29) is 44.0 Å². The first-order valence-electron chi connectivity index (χ1n) is 9.56. The van der Waals surface area contributed by atoms with Crippen molar-refractivity contribution in [2.75, 3.05) is 13.2 Å². The molecule has 3 amide bonds. The molecule has 0 unspecified atom stereocenters. The lowest BCUT2D eigenvalue weighted by atomic mass is 10.3. The third-order valence-corrected chi connectivity index (χ3v) is 3.79. The van der Waals surface area contributed by atoms with E-state index in [9.17, 15) is 33.6 Å². The standard InChI is InChI=1S/C13H14N2O8.C6H10O3/c1-8-2-3-9(16)14(8)23-13(20)21-7-6-12(19)22-15-10(17)4-5-11(15)18;1-5(7)3-4-9-6(2)8/h1-7H2;3-4H2,1-2H3. The Labute approximate surface area is 183 Å². The number of Topliss-reactive ketones (excluding diaryl/α,β-unsaturated/α-hetero) is 1. The van der Waals surface area contributed by atoms with E-state index in [1.165, 1.54) is 13.8 Å². The van der Waals surface area contributed by atoms with Crippen molar-refractivity contribution < 1.29 is 52.7 Å². The molecular formula is C19H24N2O11. The third kappa shape index (κ3) is 9.36. The predicted octanol–water partition coefficient (Wildman–Crippen LogP) is 0.717. The minimum absolute atomic E-state index is 0.0112. The number of hydroxylamine groups is 4. The van der Waals surface area contributed by atoms with Crippen molar-refractivity contribution in [1.82, 2.24) is 10.1 Å². The molecule has 13 nitrogen and oxygen atoms in total. The van der Waals surface area contributed by atoms with Gasteiger partial charge in [-0.2, -0.15) is 0 Å². The summed E-state index contributed by atoms with van der Waals surface area (Å²) in [6.07, 6.45) is -0.693. The number of esters is 1. The Kier molecular flexibility index (Phi) is 10.5. The normalized spacial score (nSPS) is 15.2. The van der Waals surface area contributed by atoms with E-state index in [2.05, 4.69) is 25.7 Å². The van der Waals surface area contributed by atoms with Gasteiger partial charge in [-0.25, -0.2) is 9.59 Å². The lowest BCUT2D eigenvalue weighted by Gasteiger charge is -2.15. The molecule has 0 aromatic carbocycles. The van der Waals surface area contributed by atoms with E-state index in [1.807, 2.05) is 0 Å². The van der Waals surface area contributed by atoms with Crippen molar-refractivity contribution in [3.8, 4) is 0 Å². The molecular weight excluding hydrogens is 432 g/mol. The summed E-state index contributed by atoms with van der Waals surface area (Å²) in [5, 5.41) is 1.13. The Balaban J connectivity index is 0.000000482. The largest absolute Gasteiger partial charge is 0.533 e. The van der Waals surface area contributed by atoms with Gasteiger partial charge in [0.1, 0.15) is 12.4 Å². The molecule has 0 aromatic heterocycles. The fraction of sp³-hybridized carbons (Fsp3) is 0.526. The molecule has 2 aliphatic rings. The number of imide groups is 1. The first-order valence-corrected chi connectivity index (χ1v) is 9.56. The lowest BCUT2D eigenvalue weighted by molar-refractivity contribution is -0.198. The van der Waals surface area contributed by atoms with Crippen molar-refractivity contribution in [2.45, 2.75) is 52.4 Å². The zero-order valence-electron chi connectivity index (χ0n) is 17.7. The number of hydrogen-bond acceptors (Lipinski definition) is 11. The van der Waals surface area contributed by atoms with Crippen LogP contribution in [0.15, 0.2) is 12.3 Å². The summed E-state index contributed by atoms with van der Waals surface area (Å²) >= 11 is 0. The van der Waals surface area contributed by atoms with Crippen molar-refractivity contribution in [3.63, 3.8) is 0 Å². The van der Waals surface area contributed by atoms with Crippen LogP contribution in [0.3, 0.4) is 0 Å². The van der Waals surface area contributed by atoms with Crippen LogP contribution < -0.4 is 0 Å². The van der Waals surface area contributed by atoms with Crippen molar-refractivity contribution in [1.29, 1.82) is 0 Å². The molecule has 0 aromatic rings. The minimum atomic E-state index is -1.18. The molecule has 2 aliphatic heterocycles. The van der Waals surface area contributed by atoms with Gasteiger partial charge in [-0.05, 0) is 13.3 Å². The van der Waals surface area contributed by atoms with Gasteiger partial charge in [0.25, 0.3) is 17.7 Å². The highest BCUT2D eigenvalue weighted by Crippen LogP contribution is 2.21. The van der Waals surface area contributed by atoms with E-state index in [0.29, 0.717) is 23.6 Å². The van der Waals surface area contributed by atoms with Gasteiger partial charge in [0, 0.05) is 32.6 Å². The summed E-state index contributed by atoms with van der Waals surface area (Å²) in [7, 11) is 0. The fourth-order valence-corrected chi connectivity index (χ4v) is 2.21. The second kappa shape index (κ2) is 12.8. The molecule has 0 N–H and O–H groups in total. The quantitative estimate of drug-likeness (QED) is 0.373. The summed E-state index contributed by atoms with van der Waals surface area (Å²) in [5.74, 6) is -2.84.